The van der Waals surface area contributed by atoms with E-state index >= 15 is 0 Å². The number of hydrogen-bond donors (Lipinski definition) is 3. The highest BCUT2D eigenvalue weighted by Gasteiger charge is 2.23. The van der Waals surface area contributed by atoms with Gasteiger partial charge < -0.3 is 5.32 Å². The molecule has 0 spiro atoms. The van der Waals surface area contributed by atoms with E-state index in [4.69, 9.17) is 39.9 Å². The van der Waals surface area contributed by atoms with Gasteiger partial charge in [0.1, 0.15) is 4.90 Å². The van der Waals surface area contributed by atoms with Gasteiger partial charge in [-0.2, -0.15) is 0 Å². The Bertz CT molecular complexity index is 1410. The van der Waals surface area contributed by atoms with E-state index in [9.17, 15) is 21.6 Å². The Hall–Kier alpha value is -2.34. The van der Waals surface area contributed by atoms with Gasteiger partial charge in [0.15, 0.2) is 0 Å². The number of carbonyl (C=O) groups excluding carboxylic acids is 1. The molecule has 0 atom stereocenters. The van der Waals surface area contributed by atoms with E-state index in [-0.39, 0.29) is 36.8 Å². The van der Waals surface area contributed by atoms with Crippen molar-refractivity contribution in [2.75, 3.05) is 10.0 Å². The van der Waals surface area contributed by atoms with Crippen molar-refractivity contribution in [2.45, 2.75) is 9.79 Å². The molecule has 0 heterocycles. The summed E-state index contributed by atoms with van der Waals surface area (Å²) in [6, 6.07) is 13.3. The third-order valence-corrected chi connectivity index (χ3v) is 7.40. The molecule has 32 heavy (non-hydrogen) atoms. The van der Waals surface area contributed by atoms with Gasteiger partial charge >= 0.3 is 0 Å². The molecule has 168 valence electrons. The van der Waals surface area contributed by atoms with Crippen LogP contribution in [0, 0.1) is 0 Å². The lowest BCUT2D eigenvalue weighted by Crippen LogP contribution is -2.17. The van der Waals surface area contributed by atoms with Crippen LogP contribution in [-0.2, 0) is 20.0 Å². The lowest BCUT2D eigenvalue weighted by Gasteiger charge is -2.13. The van der Waals surface area contributed by atoms with Gasteiger partial charge in [-0.3, -0.25) is 9.52 Å². The average molecular weight is 535 g/mol. The summed E-state index contributed by atoms with van der Waals surface area (Å²) in [5, 5.41) is 7.57. The minimum atomic E-state index is -4.19. The molecule has 0 fully saturated rings. The Labute approximate surface area is 199 Å². The maximum absolute atomic E-state index is 12.8. The molecule has 3 aromatic carbocycles. The molecule has 0 bridgehead atoms. The third kappa shape index (κ3) is 5.71. The second kappa shape index (κ2) is 9.26. The highest BCUT2D eigenvalue weighted by atomic mass is 35.5. The lowest BCUT2D eigenvalue weighted by atomic mass is 10.2. The Kier molecular flexibility index (Phi) is 7.03. The first kappa shape index (κ1) is 24.3. The number of halogens is 3. The molecular formula is C19H14Cl3N3O5S2. The summed E-state index contributed by atoms with van der Waals surface area (Å²) < 4.78 is 50.7. The Morgan fingerprint density at radius 2 is 1.47 bits per heavy atom. The number of carbonyl (C=O) groups is 1. The first-order valence-corrected chi connectivity index (χ1v) is 12.7. The molecule has 0 radical (unpaired) electrons. The van der Waals surface area contributed by atoms with Crippen LogP contribution in [0.5, 0.6) is 0 Å². The van der Waals surface area contributed by atoms with Gasteiger partial charge in [0.2, 0.25) is 10.0 Å². The number of nitrogens with one attached hydrogen (secondary N) is 2. The van der Waals surface area contributed by atoms with Gasteiger partial charge in [0.05, 0.1) is 26.2 Å². The van der Waals surface area contributed by atoms with Gasteiger partial charge in [-0.05, 0) is 54.6 Å². The fraction of sp³-hybridized carbons (Fsp3) is 0. The van der Waals surface area contributed by atoms with Crippen molar-refractivity contribution in [1.82, 2.24) is 0 Å². The summed E-state index contributed by atoms with van der Waals surface area (Å²) >= 11 is 18.1. The van der Waals surface area contributed by atoms with Gasteiger partial charge in [0, 0.05) is 10.7 Å². The lowest BCUT2D eigenvalue weighted by molar-refractivity contribution is 0.102. The number of rotatable bonds is 6. The predicted octanol–water partition coefficient (Wildman–Crippen LogP) is 4.35. The number of sulfonamides is 2. The van der Waals surface area contributed by atoms with Gasteiger partial charge in [0.25, 0.3) is 15.9 Å². The summed E-state index contributed by atoms with van der Waals surface area (Å²) in [6.45, 7) is 0. The van der Waals surface area contributed by atoms with Crippen LogP contribution in [0.2, 0.25) is 15.1 Å². The molecule has 0 saturated heterocycles. The first-order chi connectivity index (χ1) is 14.9. The summed E-state index contributed by atoms with van der Waals surface area (Å²) in [5.74, 6) is -0.741. The topological polar surface area (TPSA) is 135 Å². The molecule has 3 rings (SSSR count). The van der Waals surface area contributed by atoms with E-state index in [0.717, 1.165) is 12.1 Å². The number of primary sulfonamides is 1. The second-order valence-electron chi connectivity index (χ2n) is 6.40. The molecule has 0 unspecified atom stereocenters. The van der Waals surface area contributed by atoms with Gasteiger partial charge in [-0.1, -0.05) is 40.9 Å². The Balaban J connectivity index is 1.91. The zero-order valence-corrected chi connectivity index (χ0v) is 19.7. The molecule has 0 aliphatic carbocycles. The molecule has 0 aromatic heterocycles. The standard InChI is InChI=1S/C19H14Cl3N3O5S2/c20-11-2-1-3-13(8-11)25-32(29,30)18-9-15(16(21)10-17(18)22)19(26)24-12-4-6-14(7-5-12)31(23,27)28/h1-10,25H,(H,24,26)(H2,23,27,28). The quantitative estimate of drug-likeness (QED) is 0.432. The maximum atomic E-state index is 12.8. The molecule has 0 saturated carbocycles. The molecule has 3 aromatic rings. The fourth-order valence-corrected chi connectivity index (χ4v) is 5.21. The van der Waals surface area contributed by atoms with Gasteiger partial charge in [-0.25, -0.2) is 22.0 Å². The SMILES string of the molecule is NS(=O)(=O)c1ccc(NC(=O)c2cc(S(=O)(=O)Nc3cccc(Cl)c3)c(Cl)cc2Cl)cc1. The molecular weight excluding hydrogens is 521 g/mol. The van der Waals surface area contributed by atoms with Crippen molar-refractivity contribution in [3.05, 3.63) is 81.3 Å². The van der Waals surface area contributed by atoms with E-state index in [2.05, 4.69) is 10.0 Å². The number of benzene rings is 3. The maximum Gasteiger partial charge on any atom is 0.263 e. The molecule has 8 nitrogen and oxygen atoms in total. The molecule has 13 heteroatoms. The van der Waals surface area contributed by atoms with E-state index in [1.165, 1.54) is 36.4 Å². The van der Waals surface area contributed by atoms with Crippen LogP contribution in [0.1, 0.15) is 10.4 Å². The first-order valence-electron chi connectivity index (χ1n) is 8.58. The van der Waals surface area contributed by atoms with Gasteiger partial charge in [-0.15, -0.1) is 0 Å². The average Bonchev–Trinajstić information content (AvgIpc) is 2.67. The van der Waals surface area contributed by atoms with Crippen LogP contribution in [0.15, 0.2) is 70.5 Å². The van der Waals surface area contributed by atoms with Crippen molar-refractivity contribution in [1.29, 1.82) is 0 Å². The van der Waals surface area contributed by atoms with Crippen LogP contribution < -0.4 is 15.2 Å². The van der Waals surface area contributed by atoms with Crippen molar-refractivity contribution >= 4 is 72.1 Å². The summed E-state index contributed by atoms with van der Waals surface area (Å²) in [5.41, 5.74) is 0.261. The van der Waals surface area contributed by atoms with Crippen LogP contribution in [0.25, 0.3) is 0 Å². The molecule has 0 aliphatic rings. The predicted molar refractivity (Wildman–Crippen MR) is 124 cm³/mol. The van der Waals surface area contributed by atoms with Crippen molar-refractivity contribution < 1.29 is 21.6 Å². The van der Waals surface area contributed by atoms with Crippen molar-refractivity contribution in [3.8, 4) is 0 Å². The normalized spacial score (nSPS) is 11.8. The van der Waals surface area contributed by atoms with Crippen LogP contribution in [-0.4, -0.2) is 22.7 Å². The largest absolute Gasteiger partial charge is 0.322 e. The Morgan fingerprint density at radius 3 is 2.06 bits per heavy atom. The van der Waals surface area contributed by atoms with E-state index < -0.39 is 26.0 Å². The minimum Gasteiger partial charge on any atom is -0.322 e. The number of anilines is 2. The van der Waals surface area contributed by atoms with Crippen LogP contribution in [0.3, 0.4) is 0 Å². The summed E-state index contributed by atoms with van der Waals surface area (Å²) in [6.07, 6.45) is 0. The number of amides is 1. The molecule has 1 amide bonds. The molecule has 0 aliphatic heterocycles. The number of nitrogens with two attached hydrogens (primary N) is 1. The van der Waals surface area contributed by atoms with E-state index in [1.54, 1.807) is 12.1 Å². The summed E-state index contributed by atoms with van der Waals surface area (Å²) in [7, 11) is -8.08. The highest BCUT2D eigenvalue weighted by Crippen LogP contribution is 2.31. The second-order valence-corrected chi connectivity index (χ2v) is 10.9. The molecule has 4 N–H and O–H groups in total. The van der Waals surface area contributed by atoms with E-state index in [0.29, 0.717) is 5.02 Å². The van der Waals surface area contributed by atoms with Crippen molar-refractivity contribution in [3.63, 3.8) is 0 Å². The highest BCUT2D eigenvalue weighted by molar-refractivity contribution is 7.92. The fourth-order valence-electron chi connectivity index (χ4n) is 2.60. The van der Waals surface area contributed by atoms with Crippen LogP contribution in [0.4, 0.5) is 11.4 Å². The monoisotopic (exact) mass is 533 g/mol. The third-order valence-electron chi connectivity index (χ3n) is 4.07. The number of hydrogen-bond acceptors (Lipinski definition) is 5. The van der Waals surface area contributed by atoms with Crippen molar-refractivity contribution in [2.24, 2.45) is 5.14 Å². The minimum absolute atomic E-state index is 0.0876. The van der Waals surface area contributed by atoms with E-state index in [1.807, 2.05) is 0 Å². The smallest absolute Gasteiger partial charge is 0.263 e. The van der Waals surface area contributed by atoms with Crippen LogP contribution >= 0.6 is 34.8 Å². The summed E-state index contributed by atoms with van der Waals surface area (Å²) in [4.78, 5) is 12.2. The zero-order chi connectivity index (χ0) is 23.7. The zero-order valence-electron chi connectivity index (χ0n) is 15.8. The Morgan fingerprint density at radius 1 is 0.812 bits per heavy atom.